The van der Waals surface area contributed by atoms with Crippen LogP contribution >= 0.6 is 0 Å². The summed E-state index contributed by atoms with van der Waals surface area (Å²) in [6.45, 7) is 8.09. The number of nitrogens with one attached hydrogen (secondary N) is 1. The van der Waals surface area contributed by atoms with E-state index in [-0.39, 0.29) is 11.6 Å². The first-order valence-corrected chi connectivity index (χ1v) is 11.7. The van der Waals surface area contributed by atoms with Gasteiger partial charge < -0.3 is 19.4 Å². The van der Waals surface area contributed by atoms with Crippen LogP contribution in [-0.4, -0.2) is 24.2 Å². The van der Waals surface area contributed by atoms with Gasteiger partial charge in [0, 0.05) is 25.0 Å². The molecule has 0 aliphatic rings. The van der Waals surface area contributed by atoms with Crippen molar-refractivity contribution >= 4 is 12.0 Å². The summed E-state index contributed by atoms with van der Waals surface area (Å²) in [5.74, 6) is -0.391. The predicted octanol–water partition coefficient (Wildman–Crippen LogP) is 5.25. The number of amides is 1. The fourth-order valence-electron chi connectivity index (χ4n) is 4.14. The summed E-state index contributed by atoms with van der Waals surface area (Å²) in [7, 11) is 1.68. The van der Waals surface area contributed by atoms with E-state index in [9.17, 15) is 10.1 Å². The van der Waals surface area contributed by atoms with Crippen molar-refractivity contribution in [2.45, 2.75) is 46.6 Å². The molecule has 0 aliphatic heterocycles. The summed E-state index contributed by atoms with van der Waals surface area (Å²) in [5, 5.41) is 12.4. The Morgan fingerprint density at radius 3 is 2.31 bits per heavy atom. The molecule has 0 radical (unpaired) electrons. The SMILES string of the molecule is COCC(C)n1c(C)cc(/C=C(/C#N)C(=O)NCc2ccc(COCc3ccccc3)cc2)c1C. The van der Waals surface area contributed by atoms with Crippen molar-refractivity contribution in [2.24, 2.45) is 0 Å². The van der Waals surface area contributed by atoms with Gasteiger partial charge in [-0.25, -0.2) is 0 Å². The number of methoxy groups -OCH3 is 1. The molecule has 35 heavy (non-hydrogen) atoms. The molecule has 0 bridgehead atoms. The standard InChI is InChI=1S/C29H33N3O3/c1-21-14-27(23(3)32(21)22(2)18-34-4)15-28(16-30)29(33)31-17-24-10-12-26(13-11-24)20-35-19-25-8-6-5-7-9-25/h5-15,22H,17-20H2,1-4H3,(H,31,33)/b28-15-. The lowest BCUT2D eigenvalue weighted by Crippen LogP contribution is -2.24. The van der Waals surface area contributed by atoms with E-state index in [1.165, 1.54) is 0 Å². The fraction of sp³-hybridized carbons (Fsp3) is 0.310. The molecular weight excluding hydrogens is 438 g/mol. The Kier molecular flexibility index (Phi) is 9.42. The van der Waals surface area contributed by atoms with Crippen molar-refractivity contribution in [3.05, 3.63) is 99.9 Å². The number of hydrogen-bond donors (Lipinski definition) is 1. The van der Waals surface area contributed by atoms with Gasteiger partial charge in [-0.05, 0) is 55.2 Å². The Bertz CT molecular complexity index is 1190. The Balaban J connectivity index is 1.56. The summed E-state index contributed by atoms with van der Waals surface area (Å²) < 4.78 is 13.2. The molecule has 0 aliphatic carbocycles. The van der Waals surface area contributed by atoms with Gasteiger partial charge in [-0.1, -0.05) is 54.6 Å². The molecule has 0 spiro atoms. The maximum atomic E-state index is 12.7. The zero-order chi connectivity index (χ0) is 25.2. The number of hydrogen-bond acceptors (Lipinski definition) is 4. The normalized spacial score (nSPS) is 12.3. The van der Waals surface area contributed by atoms with Gasteiger partial charge in [0.2, 0.25) is 0 Å². The smallest absolute Gasteiger partial charge is 0.262 e. The summed E-state index contributed by atoms with van der Waals surface area (Å²) in [6.07, 6.45) is 1.65. The van der Waals surface area contributed by atoms with E-state index >= 15 is 0 Å². The van der Waals surface area contributed by atoms with Gasteiger partial charge >= 0.3 is 0 Å². The van der Waals surface area contributed by atoms with E-state index in [2.05, 4.69) is 16.8 Å². The molecule has 6 nitrogen and oxygen atoms in total. The molecule has 3 rings (SSSR count). The molecule has 1 amide bonds. The Morgan fingerprint density at radius 2 is 1.69 bits per heavy atom. The number of nitrogens with zero attached hydrogens (tertiary/aromatic N) is 2. The zero-order valence-electron chi connectivity index (χ0n) is 20.9. The van der Waals surface area contributed by atoms with E-state index < -0.39 is 5.91 Å². The van der Waals surface area contributed by atoms with Crippen molar-refractivity contribution in [2.75, 3.05) is 13.7 Å². The third kappa shape index (κ3) is 7.16. The highest BCUT2D eigenvalue weighted by atomic mass is 16.5. The third-order valence-electron chi connectivity index (χ3n) is 5.89. The highest BCUT2D eigenvalue weighted by Gasteiger charge is 2.15. The Labute approximate surface area is 207 Å². The van der Waals surface area contributed by atoms with Gasteiger partial charge in [0.05, 0.1) is 25.9 Å². The van der Waals surface area contributed by atoms with Gasteiger partial charge in [0.1, 0.15) is 11.6 Å². The molecule has 0 saturated carbocycles. The van der Waals surface area contributed by atoms with E-state index in [4.69, 9.17) is 9.47 Å². The van der Waals surface area contributed by atoms with Crippen LogP contribution in [0, 0.1) is 25.2 Å². The van der Waals surface area contributed by atoms with Crippen LogP contribution in [-0.2, 0) is 34.0 Å². The maximum absolute atomic E-state index is 12.7. The van der Waals surface area contributed by atoms with Gasteiger partial charge in [-0.2, -0.15) is 5.26 Å². The van der Waals surface area contributed by atoms with Gasteiger partial charge in [-0.3, -0.25) is 4.79 Å². The number of ether oxygens (including phenoxy) is 2. The number of carbonyl (C=O) groups is 1. The van der Waals surface area contributed by atoms with Crippen molar-refractivity contribution in [1.82, 2.24) is 9.88 Å². The average molecular weight is 472 g/mol. The summed E-state index contributed by atoms with van der Waals surface area (Å²) in [5.41, 5.74) is 6.15. The highest BCUT2D eigenvalue weighted by molar-refractivity contribution is 6.01. The number of benzene rings is 2. The predicted molar refractivity (Wildman–Crippen MR) is 137 cm³/mol. The minimum Gasteiger partial charge on any atom is -0.383 e. The van der Waals surface area contributed by atoms with Crippen LogP contribution in [0.5, 0.6) is 0 Å². The first-order valence-electron chi connectivity index (χ1n) is 11.7. The van der Waals surface area contributed by atoms with Gasteiger partial charge in [-0.15, -0.1) is 0 Å². The van der Waals surface area contributed by atoms with Crippen LogP contribution in [0.3, 0.4) is 0 Å². The van der Waals surface area contributed by atoms with Crippen LogP contribution in [0.4, 0.5) is 0 Å². The number of aryl methyl sites for hydroxylation is 1. The molecule has 1 unspecified atom stereocenters. The zero-order valence-corrected chi connectivity index (χ0v) is 20.9. The summed E-state index contributed by atoms with van der Waals surface area (Å²) in [4.78, 5) is 12.7. The lowest BCUT2D eigenvalue weighted by Gasteiger charge is -2.17. The van der Waals surface area contributed by atoms with Crippen LogP contribution in [0.25, 0.3) is 6.08 Å². The van der Waals surface area contributed by atoms with Crippen LogP contribution in [0.1, 0.15) is 46.6 Å². The Morgan fingerprint density at radius 1 is 1.06 bits per heavy atom. The quantitative estimate of drug-likeness (QED) is 0.306. The van der Waals surface area contributed by atoms with E-state index in [0.29, 0.717) is 26.4 Å². The minimum atomic E-state index is -0.391. The van der Waals surface area contributed by atoms with E-state index in [1.54, 1.807) is 13.2 Å². The lowest BCUT2D eigenvalue weighted by molar-refractivity contribution is -0.117. The molecule has 0 saturated heterocycles. The minimum absolute atomic E-state index is 0.0792. The molecule has 182 valence electrons. The Hall–Kier alpha value is -3.66. The monoisotopic (exact) mass is 471 g/mol. The van der Waals surface area contributed by atoms with Crippen LogP contribution in [0.2, 0.25) is 0 Å². The second kappa shape index (κ2) is 12.7. The second-order valence-corrected chi connectivity index (χ2v) is 8.65. The second-order valence-electron chi connectivity index (χ2n) is 8.65. The molecule has 6 heteroatoms. The number of aromatic nitrogens is 1. The topological polar surface area (TPSA) is 76.3 Å². The first kappa shape index (κ1) is 26.0. The molecule has 1 atom stereocenters. The van der Waals surface area contributed by atoms with Crippen molar-refractivity contribution in [1.29, 1.82) is 5.26 Å². The molecule has 1 N–H and O–H groups in total. The van der Waals surface area contributed by atoms with Crippen LogP contribution < -0.4 is 5.32 Å². The van der Waals surface area contributed by atoms with Crippen molar-refractivity contribution in [3.8, 4) is 6.07 Å². The number of nitriles is 1. The van der Waals surface area contributed by atoms with Crippen LogP contribution in [0.15, 0.2) is 66.2 Å². The van der Waals surface area contributed by atoms with Crippen molar-refractivity contribution in [3.63, 3.8) is 0 Å². The van der Waals surface area contributed by atoms with E-state index in [1.807, 2.05) is 80.6 Å². The van der Waals surface area contributed by atoms with E-state index in [0.717, 1.165) is 33.6 Å². The van der Waals surface area contributed by atoms with Crippen molar-refractivity contribution < 1.29 is 14.3 Å². The van der Waals surface area contributed by atoms with Gasteiger partial charge in [0.15, 0.2) is 0 Å². The lowest BCUT2D eigenvalue weighted by atomic mass is 10.1. The largest absolute Gasteiger partial charge is 0.383 e. The highest BCUT2D eigenvalue weighted by Crippen LogP contribution is 2.23. The maximum Gasteiger partial charge on any atom is 0.262 e. The third-order valence-corrected chi connectivity index (χ3v) is 5.89. The summed E-state index contributed by atoms with van der Waals surface area (Å²) in [6, 6.07) is 22.1. The molecule has 2 aromatic carbocycles. The molecule has 1 aromatic heterocycles. The average Bonchev–Trinajstić information content (AvgIpc) is 3.15. The fourth-order valence-corrected chi connectivity index (χ4v) is 4.14. The number of rotatable bonds is 11. The first-order chi connectivity index (χ1) is 16.9. The molecular formula is C29H33N3O3. The summed E-state index contributed by atoms with van der Waals surface area (Å²) >= 11 is 0. The molecule has 1 heterocycles. The molecule has 0 fully saturated rings. The molecule has 3 aromatic rings. The number of carbonyl (C=O) groups excluding carboxylic acids is 1. The van der Waals surface area contributed by atoms with Gasteiger partial charge in [0.25, 0.3) is 5.91 Å².